The van der Waals surface area contributed by atoms with Gasteiger partial charge in [-0.3, -0.25) is 0 Å². The maximum absolute atomic E-state index is 6.24. The predicted molar refractivity (Wildman–Crippen MR) is 93.2 cm³/mol. The Hall–Kier alpha value is -0.440. The Bertz CT molecular complexity index is 628. The molecule has 0 fully saturated rings. The van der Waals surface area contributed by atoms with Crippen LogP contribution < -0.4 is 5.32 Å². The smallest absolute Gasteiger partial charge is 0.0624 e. The molecule has 2 rings (SSSR count). The number of hydrogen-bond acceptors (Lipinski definition) is 1. The van der Waals surface area contributed by atoms with Gasteiger partial charge in [-0.15, -0.1) is 0 Å². The summed E-state index contributed by atoms with van der Waals surface area (Å²) in [6, 6.07) is 11.6. The van der Waals surface area contributed by atoms with Crippen LogP contribution in [0.2, 0.25) is 20.1 Å². The zero-order valence-electron chi connectivity index (χ0n) is 11.5. The zero-order valence-corrected chi connectivity index (χ0v) is 14.5. The lowest BCUT2D eigenvalue weighted by molar-refractivity contribution is 0.556. The average molecular weight is 363 g/mol. The molecule has 0 bridgehead atoms. The largest absolute Gasteiger partial charge is 0.316 e. The topological polar surface area (TPSA) is 12.0 Å². The summed E-state index contributed by atoms with van der Waals surface area (Å²) < 4.78 is 0. The average Bonchev–Trinajstić information content (AvgIpc) is 2.47. The van der Waals surface area contributed by atoms with Gasteiger partial charge in [0.15, 0.2) is 0 Å². The molecular weight excluding hydrogens is 348 g/mol. The van der Waals surface area contributed by atoms with Crippen LogP contribution in [0.25, 0.3) is 0 Å². The first-order chi connectivity index (χ1) is 10.0. The standard InChI is InChI=1S/C16H15Cl4N/c1-21-12(7-10-5-6-13(17)15(19)8-10)9-11-3-2-4-14(18)16(11)20/h2-6,8,12,21H,7,9H2,1H3. The first-order valence-corrected chi connectivity index (χ1v) is 8.06. The van der Waals surface area contributed by atoms with Crippen molar-refractivity contribution in [2.75, 3.05) is 7.05 Å². The van der Waals surface area contributed by atoms with E-state index in [1.54, 1.807) is 6.07 Å². The maximum Gasteiger partial charge on any atom is 0.0624 e. The molecule has 112 valence electrons. The van der Waals surface area contributed by atoms with E-state index >= 15 is 0 Å². The Morgan fingerprint density at radius 3 is 2.33 bits per heavy atom. The van der Waals surface area contributed by atoms with Crippen molar-refractivity contribution in [2.24, 2.45) is 0 Å². The third-order valence-electron chi connectivity index (χ3n) is 3.37. The number of hydrogen-bond donors (Lipinski definition) is 1. The van der Waals surface area contributed by atoms with Crippen LogP contribution in [-0.4, -0.2) is 13.1 Å². The molecule has 1 nitrogen and oxygen atoms in total. The molecule has 0 saturated carbocycles. The second-order valence-corrected chi connectivity index (χ2v) is 6.45. The van der Waals surface area contributed by atoms with Gasteiger partial charge in [0.1, 0.15) is 0 Å². The van der Waals surface area contributed by atoms with Crippen LogP contribution in [-0.2, 0) is 12.8 Å². The minimum absolute atomic E-state index is 0.234. The number of nitrogens with one attached hydrogen (secondary N) is 1. The van der Waals surface area contributed by atoms with E-state index in [0.717, 1.165) is 24.0 Å². The summed E-state index contributed by atoms with van der Waals surface area (Å²) in [6.45, 7) is 0. The molecule has 1 atom stereocenters. The first kappa shape index (κ1) is 16.9. The van der Waals surface area contributed by atoms with Gasteiger partial charge in [-0.25, -0.2) is 0 Å². The molecule has 1 unspecified atom stereocenters. The van der Waals surface area contributed by atoms with E-state index < -0.39 is 0 Å². The van der Waals surface area contributed by atoms with E-state index in [-0.39, 0.29) is 6.04 Å². The van der Waals surface area contributed by atoms with Gasteiger partial charge in [-0.1, -0.05) is 64.6 Å². The summed E-state index contributed by atoms with van der Waals surface area (Å²) in [5.41, 5.74) is 2.16. The fourth-order valence-corrected chi connectivity index (χ4v) is 2.92. The Labute approximate surface area is 145 Å². The molecule has 0 heterocycles. The monoisotopic (exact) mass is 361 g/mol. The lowest BCUT2D eigenvalue weighted by Crippen LogP contribution is -2.30. The van der Waals surface area contributed by atoms with Crippen LogP contribution >= 0.6 is 46.4 Å². The van der Waals surface area contributed by atoms with Crippen molar-refractivity contribution >= 4 is 46.4 Å². The molecular formula is C16H15Cl4N. The van der Waals surface area contributed by atoms with E-state index in [1.807, 2.05) is 37.4 Å². The first-order valence-electron chi connectivity index (χ1n) is 6.55. The summed E-state index contributed by atoms with van der Waals surface area (Å²) in [5.74, 6) is 0. The molecule has 0 aliphatic heterocycles. The molecule has 0 aromatic heterocycles. The molecule has 0 saturated heterocycles. The van der Waals surface area contributed by atoms with Crippen molar-refractivity contribution < 1.29 is 0 Å². The van der Waals surface area contributed by atoms with E-state index in [4.69, 9.17) is 46.4 Å². The normalized spacial score (nSPS) is 12.4. The Kier molecular flexibility index (Phi) is 6.21. The fourth-order valence-electron chi connectivity index (χ4n) is 2.20. The minimum Gasteiger partial charge on any atom is -0.316 e. The molecule has 0 amide bonds. The minimum atomic E-state index is 0.234. The van der Waals surface area contributed by atoms with Crippen LogP contribution in [0.3, 0.4) is 0 Å². The quantitative estimate of drug-likeness (QED) is 0.722. The molecule has 2 aromatic carbocycles. The van der Waals surface area contributed by atoms with Crippen molar-refractivity contribution in [3.8, 4) is 0 Å². The number of rotatable bonds is 5. The van der Waals surface area contributed by atoms with Gasteiger partial charge in [0.25, 0.3) is 0 Å². The zero-order chi connectivity index (χ0) is 15.4. The number of benzene rings is 2. The van der Waals surface area contributed by atoms with Gasteiger partial charge >= 0.3 is 0 Å². The molecule has 0 aliphatic carbocycles. The third-order valence-corrected chi connectivity index (χ3v) is 4.97. The van der Waals surface area contributed by atoms with Crippen molar-refractivity contribution in [3.05, 3.63) is 67.6 Å². The van der Waals surface area contributed by atoms with Gasteiger partial charge < -0.3 is 5.32 Å². The van der Waals surface area contributed by atoms with Gasteiger partial charge in [-0.2, -0.15) is 0 Å². The van der Waals surface area contributed by atoms with Crippen LogP contribution in [0, 0.1) is 0 Å². The van der Waals surface area contributed by atoms with Crippen molar-refractivity contribution in [1.82, 2.24) is 5.32 Å². The second kappa shape index (κ2) is 7.71. The molecule has 5 heteroatoms. The van der Waals surface area contributed by atoms with E-state index in [1.165, 1.54) is 0 Å². The highest BCUT2D eigenvalue weighted by Crippen LogP contribution is 2.27. The van der Waals surface area contributed by atoms with Crippen molar-refractivity contribution in [3.63, 3.8) is 0 Å². The summed E-state index contributed by atoms with van der Waals surface area (Å²) in [5, 5.41) is 5.65. The van der Waals surface area contributed by atoms with Crippen molar-refractivity contribution in [1.29, 1.82) is 0 Å². The number of halogens is 4. The Morgan fingerprint density at radius 1 is 0.905 bits per heavy atom. The summed E-state index contributed by atoms with van der Waals surface area (Å²) in [4.78, 5) is 0. The highest BCUT2D eigenvalue weighted by molar-refractivity contribution is 6.42. The highest BCUT2D eigenvalue weighted by Gasteiger charge is 2.13. The van der Waals surface area contributed by atoms with Crippen LogP contribution in [0.1, 0.15) is 11.1 Å². The lowest BCUT2D eigenvalue weighted by atomic mass is 9.99. The van der Waals surface area contributed by atoms with Crippen LogP contribution in [0.5, 0.6) is 0 Å². The van der Waals surface area contributed by atoms with Crippen LogP contribution in [0.15, 0.2) is 36.4 Å². The van der Waals surface area contributed by atoms with Gasteiger partial charge in [-0.05, 0) is 49.2 Å². The van der Waals surface area contributed by atoms with Gasteiger partial charge in [0.05, 0.1) is 20.1 Å². The summed E-state index contributed by atoms with van der Waals surface area (Å²) >= 11 is 24.3. The molecule has 21 heavy (non-hydrogen) atoms. The molecule has 0 aliphatic rings. The molecule has 0 spiro atoms. The van der Waals surface area contributed by atoms with Gasteiger partial charge in [0.2, 0.25) is 0 Å². The number of likely N-dealkylation sites (N-methyl/N-ethyl adjacent to an activating group) is 1. The summed E-state index contributed by atoms with van der Waals surface area (Å²) in [7, 11) is 1.93. The van der Waals surface area contributed by atoms with Crippen LogP contribution in [0.4, 0.5) is 0 Å². The fraction of sp³-hybridized carbons (Fsp3) is 0.250. The molecule has 0 radical (unpaired) electrons. The van der Waals surface area contributed by atoms with E-state index in [0.29, 0.717) is 20.1 Å². The SMILES string of the molecule is CNC(Cc1ccc(Cl)c(Cl)c1)Cc1cccc(Cl)c1Cl. The Morgan fingerprint density at radius 2 is 1.67 bits per heavy atom. The summed E-state index contributed by atoms with van der Waals surface area (Å²) in [6.07, 6.45) is 1.62. The van der Waals surface area contributed by atoms with Gasteiger partial charge in [0, 0.05) is 6.04 Å². The lowest BCUT2D eigenvalue weighted by Gasteiger charge is -2.18. The molecule has 1 N–H and O–H groups in total. The van der Waals surface area contributed by atoms with Crippen molar-refractivity contribution in [2.45, 2.75) is 18.9 Å². The third kappa shape index (κ3) is 4.51. The second-order valence-electron chi connectivity index (χ2n) is 4.86. The van der Waals surface area contributed by atoms with E-state index in [9.17, 15) is 0 Å². The highest BCUT2D eigenvalue weighted by atomic mass is 35.5. The Balaban J connectivity index is 2.13. The molecule has 2 aromatic rings. The maximum atomic E-state index is 6.24. The predicted octanol–water partition coefficient (Wildman–Crippen LogP) is 5.67. The van der Waals surface area contributed by atoms with E-state index in [2.05, 4.69) is 5.32 Å².